The number of piperazine rings is 1. The lowest BCUT2D eigenvalue weighted by molar-refractivity contribution is -0.895. The summed E-state index contributed by atoms with van der Waals surface area (Å²) in [7, 11) is 0. The van der Waals surface area contributed by atoms with E-state index in [0.717, 1.165) is 6.42 Å². The largest absolute Gasteiger partial charge is 0.337 e. The van der Waals surface area contributed by atoms with E-state index in [2.05, 4.69) is 36.5 Å². The zero-order valence-electron chi connectivity index (χ0n) is 8.92. The van der Waals surface area contributed by atoms with E-state index in [1.807, 2.05) is 0 Å². The number of hydrogen-bond donors (Lipinski definition) is 2. The first kappa shape index (κ1) is 9.69. The minimum absolute atomic E-state index is 1.14. The SMILES string of the molecule is CCc1ccc([NH+]2CC[NH2+]CC2)cc1. The number of hydrogen-bond acceptors (Lipinski definition) is 0. The number of benzene rings is 1. The number of nitrogens with one attached hydrogen (secondary N) is 1. The molecule has 2 nitrogen and oxygen atoms in total. The lowest BCUT2D eigenvalue weighted by Crippen LogP contribution is -3.17. The Hall–Kier alpha value is -0.860. The molecule has 2 heteroatoms. The average Bonchev–Trinajstić information content (AvgIpc) is 2.30. The molecule has 0 aromatic heterocycles. The van der Waals surface area contributed by atoms with Gasteiger partial charge in [0.2, 0.25) is 0 Å². The van der Waals surface area contributed by atoms with Crippen molar-refractivity contribution in [2.75, 3.05) is 26.2 Å². The van der Waals surface area contributed by atoms with Crippen LogP contribution in [-0.4, -0.2) is 26.2 Å². The maximum absolute atomic E-state index is 2.41. The number of aryl methyl sites for hydroxylation is 1. The minimum atomic E-state index is 1.14. The van der Waals surface area contributed by atoms with Crippen molar-refractivity contribution in [1.29, 1.82) is 0 Å². The van der Waals surface area contributed by atoms with E-state index < -0.39 is 0 Å². The van der Waals surface area contributed by atoms with Crippen molar-refractivity contribution in [1.82, 2.24) is 0 Å². The molecule has 1 aromatic rings. The van der Waals surface area contributed by atoms with Gasteiger partial charge in [-0.15, -0.1) is 0 Å². The third-order valence-electron chi connectivity index (χ3n) is 3.07. The molecule has 0 saturated carbocycles. The molecular weight excluding hydrogens is 172 g/mol. The fraction of sp³-hybridized carbons (Fsp3) is 0.500. The first-order valence-electron chi connectivity index (χ1n) is 5.66. The van der Waals surface area contributed by atoms with Crippen molar-refractivity contribution < 1.29 is 10.2 Å². The van der Waals surface area contributed by atoms with Gasteiger partial charge in [-0.3, -0.25) is 4.90 Å². The smallest absolute Gasteiger partial charge is 0.132 e. The average molecular weight is 192 g/mol. The summed E-state index contributed by atoms with van der Waals surface area (Å²) >= 11 is 0. The quantitative estimate of drug-likeness (QED) is 0.621. The van der Waals surface area contributed by atoms with Crippen LogP contribution in [0.25, 0.3) is 0 Å². The molecule has 1 aromatic carbocycles. The van der Waals surface area contributed by atoms with Crippen molar-refractivity contribution in [3.05, 3.63) is 29.8 Å². The fourth-order valence-electron chi connectivity index (χ4n) is 2.09. The molecule has 1 heterocycles. The van der Waals surface area contributed by atoms with Gasteiger partial charge < -0.3 is 5.32 Å². The minimum Gasteiger partial charge on any atom is -0.337 e. The van der Waals surface area contributed by atoms with E-state index in [-0.39, 0.29) is 0 Å². The van der Waals surface area contributed by atoms with Gasteiger partial charge in [0.15, 0.2) is 0 Å². The van der Waals surface area contributed by atoms with E-state index in [1.54, 1.807) is 4.90 Å². The van der Waals surface area contributed by atoms with Crippen LogP contribution in [0.2, 0.25) is 0 Å². The standard InChI is InChI=1S/C12H18N2/c1-2-11-3-5-12(6-4-11)14-9-7-13-8-10-14/h3-6,13H,2,7-10H2,1H3/p+2. The highest BCUT2D eigenvalue weighted by molar-refractivity contribution is 5.32. The fourth-order valence-corrected chi connectivity index (χ4v) is 2.09. The number of quaternary nitrogens is 2. The summed E-state index contributed by atoms with van der Waals surface area (Å²) < 4.78 is 0. The Morgan fingerprint density at radius 3 is 2.36 bits per heavy atom. The number of rotatable bonds is 2. The predicted molar refractivity (Wildman–Crippen MR) is 57.8 cm³/mol. The molecule has 0 aliphatic carbocycles. The van der Waals surface area contributed by atoms with Crippen LogP contribution in [0.15, 0.2) is 24.3 Å². The van der Waals surface area contributed by atoms with E-state index in [9.17, 15) is 0 Å². The summed E-state index contributed by atoms with van der Waals surface area (Å²) in [6.45, 7) is 7.28. The van der Waals surface area contributed by atoms with Gasteiger partial charge >= 0.3 is 0 Å². The first-order chi connectivity index (χ1) is 6.90. The number of nitrogens with two attached hydrogens (primary N) is 1. The molecule has 3 N–H and O–H groups in total. The lowest BCUT2D eigenvalue weighted by atomic mass is 10.1. The highest BCUT2D eigenvalue weighted by Gasteiger charge is 2.17. The Morgan fingerprint density at radius 2 is 1.79 bits per heavy atom. The van der Waals surface area contributed by atoms with Gasteiger partial charge in [-0.2, -0.15) is 0 Å². The van der Waals surface area contributed by atoms with E-state index in [1.165, 1.54) is 37.4 Å². The van der Waals surface area contributed by atoms with Crippen molar-refractivity contribution in [2.24, 2.45) is 0 Å². The Labute approximate surface area is 85.9 Å². The molecule has 0 bridgehead atoms. The monoisotopic (exact) mass is 192 g/mol. The zero-order chi connectivity index (χ0) is 9.80. The highest BCUT2D eigenvalue weighted by atomic mass is 15.2. The summed E-state index contributed by atoms with van der Waals surface area (Å²) in [6, 6.07) is 9.11. The molecule has 0 spiro atoms. The summed E-state index contributed by atoms with van der Waals surface area (Å²) in [4.78, 5) is 1.65. The first-order valence-corrected chi connectivity index (χ1v) is 5.66. The molecule has 14 heavy (non-hydrogen) atoms. The third kappa shape index (κ3) is 2.14. The van der Waals surface area contributed by atoms with Crippen molar-refractivity contribution >= 4 is 5.69 Å². The third-order valence-corrected chi connectivity index (χ3v) is 3.07. The van der Waals surface area contributed by atoms with E-state index in [4.69, 9.17) is 0 Å². The summed E-state index contributed by atoms with van der Waals surface area (Å²) in [6.07, 6.45) is 1.14. The van der Waals surface area contributed by atoms with Crippen LogP contribution in [0.5, 0.6) is 0 Å². The normalized spacial score (nSPS) is 18.4. The van der Waals surface area contributed by atoms with Crippen LogP contribution in [0, 0.1) is 0 Å². The summed E-state index contributed by atoms with van der Waals surface area (Å²) in [5.74, 6) is 0. The van der Waals surface area contributed by atoms with Gasteiger partial charge in [0, 0.05) is 0 Å². The van der Waals surface area contributed by atoms with Gasteiger partial charge in [-0.1, -0.05) is 19.1 Å². The molecule has 0 radical (unpaired) electrons. The van der Waals surface area contributed by atoms with E-state index >= 15 is 0 Å². The Bertz CT molecular complexity index is 273. The second-order valence-electron chi connectivity index (χ2n) is 4.02. The van der Waals surface area contributed by atoms with Crippen molar-refractivity contribution in [2.45, 2.75) is 13.3 Å². The molecule has 0 amide bonds. The van der Waals surface area contributed by atoms with Crippen LogP contribution < -0.4 is 10.2 Å². The zero-order valence-corrected chi connectivity index (χ0v) is 8.92. The van der Waals surface area contributed by atoms with E-state index in [0.29, 0.717) is 0 Å². The van der Waals surface area contributed by atoms with Crippen molar-refractivity contribution in [3.8, 4) is 0 Å². The van der Waals surface area contributed by atoms with Gasteiger partial charge in [0.1, 0.15) is 31.9 Å². The van der Waals surface area contributed by atoms with Crippen LogP contribution in [-0.2, 0) is 6.42 Å². The molecular formula is C12H20N2+2. The molecule has 2 rings (SSSR count). The molecule has 76 valence electrons. The second-order valence-corrected chi connectivity index (χ2v) is 4.02. The molecule has 1 fully saturated rings. The molecule has 1 saturated heterocycles. The topological polar surface area (TPSA) is 21.1 Å². The summed E-state index contributed by atoms with van der Waals surface area (Å²) in [5.41, 5.74) is 2.91. The summed E-state index contributed by atoms with van der Waals surface area (Å²) in [5, 5.41) is 2.41. The van der Waals surface area contributed by atoms with Gasteiger partial charge in [0.25, 0.3) is 0 Å². The highest BCUT2D eigenvalue weighted by Crippen LogP contribution is 2.05. The molecule has 0 unspecified atom stereocenters. The second kappa shape index (κ2) is 4.58. The maximum Gasteiger partial charge on any atom is 0.132 e. The van der Waals surface area contributed by atoms with Gasteiger partial charge in [-0.25, -0.2) is 0 Å². The van der Waals surface area contributed by atoms with Gasteiger partial charge in [0.05, 0.1) is 0 Å². The van der Waals surface area contributed by atoms with Gasteiger partial charge in [-0.05, 0) is 24.1 Å². The van der Waals surface area contributed by atoms with Crippen molar-refractivity contribution in [3.63, 3.8) is 0 Å². The molecule has 1 aliphatic heterocycles. The molecule has 0 atom stereocenters. The maximum atomic E-state index is 2.41. The van der Waals surface area contributed by atoms with Crippen LogP contribution in [0.1, 0.15) is 12.5 Å². The predicted octanol–water partition coefficient (Wildman–Crippen LogP) is -0.658. The Kier molecular flexibility index (Phi) is 3.17. The van der Waals surface area contributed by atoms with Crippen LogP contribution in [0.4, 0.5) is 5.69 Å². The van der Waals surface area contributed by atoms with Crippen LogP contribution in [0.3, 0.4) is 0 Å². The molecule has 1 aliphatic rings. The Morgan fingerprint density at radius 1 is 1.14 bits per heavy atom. The van der Waals surface area contributed by atoms with Crippen LogP contribution >= 0.6 is 0 Å². The Balaban J connectivity index is 2.07. The lowest BCUT2D eigenvalue weighted by Gasteiger charge is -2.21.